The van der Waals surface area contributed by atoms with Gasteiger partial charge in [0, 0.05) is 30.3 Å². The summed E-state index contributed by atoms with van der Waals surface area (Å²) in [5.41, 5.74) is 3.19. The van der Waals surface area contributed by atoms with Crippen LogP contribution in [-0.2, 0) is 41.7 Å². The highest BCUT2D eigenvalue weighted by Crippen LogP contribution is 2.42. The van der Waals surface area contributed by atoms with E-state index in [0.29, 0.717) is 30.5 Å². The summed E-state index contributed by atoms with van der Waals surface area (Å²) in [6.07, 6.45) is 1.11. The maximum atomic E-state index is 13.9. The SMILES string of the molecule is COC(=O)CCCCC(=O)N[C@H](C(=O)N[C@@H](C)C(=O)Nc1ccc(COC(=O)N2C[C@@H]3Cc4ccccc4N3C(=O)c3cc(OC)c(O)cc32)cc1)C(C)C. The largest absolute Gasteiger partial charge is 0.504 e. The number of aromatic hydroxyl groups is 1. The Labute approximate surface area is 319 Å². The van der Waals surface area contributed by atoms with Gasteiger partial charge in [-0.3, -0.25) is 28.9 Å². The molecule has 0 aliphatic carbocycles. The number of phenolic OH excluding ortho intramolecular Hbond substituents is 1. The molecule has 0 saturated heterocycles. The number of nitrogens with one attached hydrogen (secondary N) is 3. The van der Waals surface area contributed by atoms with Crippen LogP contribution in [0.4, 0.5) is 21.9 Å². The lowest BCUT2D eigenvalue weighted by molar-refractivity contribution is -0.140. The molecule has 4 N–H and O–H groups in total. The topological polar surface area (TPSA) is 193 Å². The molecule has 0 spiro atoms. The summed E-state index contributed by atoms with van der Waals surface area (Å²) in [6.45, 7) is 5.10. The molecule has 5 amide bonds. The van der Waals surface area contributed by atoms with Crippen molar-refractivity contribution in [1.29, 1.82) is 0 Å². The highest BCUT2D eigenvalue weighted by Gasteiger charge is 2.42. The Hall–Kier alpha value is -6.12. The fraction of sp³-hybridized carbons (Fsp3) is 0.400. The predicted molar refractivity (Wildman–Crippen MR) is 203 cm³/mol. The van der Waals surface area contributed by atoms with Gasteiger partial charge >= 0.3 is 12.1 Å². The van der Waals surface area contributed by atoms with Crippen LogP contribution in [0.2, 0.25) is 0 Å². The molecule has 0 aromatic heterocycles. The Bertz CT molecular complexity index is 1930. The first kappa shape index (κ1) is 40.1. The fourth-order valence-electron chi connectivity index (χ4n) is 6.57. The van der Waals surface area contributed by atoms with Crippen molar-refractivity contribution in [2.24, 2.45) is 5.92 Å². The minimum Gasteiger partial charge on any atom is -0.504 e. The molecule has 15 nitrogen and oxygen atoms in total. The number of carbonyl (C=O) groups excluding carboxylic acids is 6. The number of nitrogens with zero attached hydrogens (tertiary/aromatic N) is 2. The molecule has 3 atom stereocenters. The van der Waals surface area contributed by atoms with Crippen molar-refractivity contribution in [1.82, 2.24) is 10.6 Å². The minimum absolute atomic E-state index is 0.0975. The summed E-state index contributed by atoms with van der Waals surface area (Å²) in [4.78, 5) is 80.4. The minimum atomic E-state index is -0.933. The molecule has 0 radical (unpaired) electrons. The number of methoxy groups -OCH3 is 2. The van der Waals surface area contributed by atoms with Crippen molar-refractivity contribution >= 4 is 52.8 Å². The van der Waals surface area contributed by atoms with E-state index >= 15 is 0 Å². The van der Waals surface area contributed by atoms with Gasteiger partial charge in [0.15, 0.2) is 11.5 Å². The standard InChI is InChI=1S/C40H47N5O10/c1-23(2)36(43-34(47)12-8-9-13-35(48)54-5)38(50)41-24(3)37(49)42-27-16-14-25(15-17-27)22-55-40(52)44-21-28-18-26-10-6-7-11-30(26)45(28)39(51)29-19-33(53-4)32(46)20-31(29)44/h6-7,10-11,14-17,19-20,23-24,28,36,46H,8-9,12-13,18,21-22H2,1-5H3,(H,41,50)(H,42,49)(H,43,47)/t24-,28-,36-/m0/s1. The van der Waals surface area contributed by atoms with Gasteiger partial charge in [0.2, 0.25) is 17.7 Å². The number of fused-ring (bicyclic) bond motifs is 4. The van der Waals surface area contributed by atoms with E-state index in [4.69, 9.17) is 9.47 Å². The van der Waals surface area contributed by atoms with Crippen LogP contribution in [0.5, 0.6) is 11.5 Å². The molecule has 292 valence electrons. The number of para-hydroxylation sites is 1. The Morgan fingerprint density at radius 3 is 2.29 bits per heavy atom. The van der Waals surface area contributed by atoms with Gasteiger partial charge in [0.25, 0.3) is 5.91 Å². The van der Waals surface area contributed by atoms with Crippen LogP contribution >= 0.6 is 0 Å². The molecule has 0 unspecified atom stereocenters. The van der Waals surface area contributed by atoms with Gasteiger partial charge in [0.1, 0.15) is 18.7 Å². The van der Waals surface area contributed by atoms with Gasteiger partial charge < -0.3 is 40.2 Å². The van der Waals surface area contributed by atoms with Crippen molar-refractivity contribution in [2.75, 3.05) is 35.9 Å². The third kappa shape index (κ3) is 9.52. The molecular formula is C40H47N5O10. The quantitative estimate of drug-likeness (QED) is 0.135. The molecule has 0 fully saturated rings. The van der Waals surface area contributed by atoms with E-state index in [9.17, 15) is 33.9 Å². The lowest BCUT2D eigenvalue weighted by Gasteiger charge is -2.26. The van der Waals surface area contributed by atoms with Crippen LogP contribution in [0.25, 0.3) is 0 Å². The van der Waals surface area contributed by atoms with E-state index in [-0.39, 0.29) is 78.5 Å². The van der Waals surface area contributed by atoms with E-state index in [2.05, 4.69) is 20.7 Å². The van der Waals surface area contributed by atoms with Crippen molar-refractivity contribution in [3.63, 3.8) is 0 Å². The van der Waals surface area contributed by atoms with E-state index in [0.717, 1.165) is 11.3 Å². The summed E-state index contributed by atoms with van der Waals surface area (Å²) in [5, 5.41) is 18.7. The molecule has 5 rings (SSSR count). The second kappa shape index (κ2) is 17.8. The molecule has 0 bridgehead atoms. The maximum Gasteiger partial charge on any atom is 0.414 e. The molecule has 3 aromatic carbocycles. The van der Waals surface area contributed by atoms with Crippen molar-refractivity contribution in [3.8, 4) is 11.5 Å². The number of anilines is 3. The third-order valence-corrected chi connectivity index (χ3v) is 9.59. The highest BCUT2D eigenvalue weighted by atomic mass is 16.6. The van der Waals surface area contributed by atoms with Crippen LogP contribution in [-0.4, -0.2) is 79.7 Å². The summed E-state index contributed by atoms with van der Waals surface area (Å²) >= 11 is 0. The Balaban J connectivity index is 1.16. The molecule has 55 heavy (non-hydrogen) atoms. The molecule has 2 aliphatic heterocycles. The number of phenols is 1. The van der Waals surface area contributed by atoms with Crippen LogP contribution in [0.15, 0.2) is 60.7 Å². The van der Waals surface area contributed by atoms with Crippen molar-refractivity contribution < 1.29 is 48.1 Å². The number of amides is 5. The van der Waals surface area contributed by atoms with Gasteiger partial charge in [-0.1, -0.05) is 44.2 Å². The van der Waals surface area contributed by atoms with E-state index in [1.54, 1.807) is 43.0 Å². The number of benzene rings is 3. The van der Waals surface area contributed by atoms with Gasteiger partial charge in [-0.15, -0.1) is 0 Å². The Morgan fingerprint density at radius 2 is 1.60 bits per heavy atom. The van der Waals surface area contributed by atoms with E-state index in [1.165, 1.54) is 38.2 Å². The average Bonchev–Trinajstić information content (AvgIpc) is 3.49. The predicted octanol–water partition coefficient (Wildman–Crippen LogP) is 4.45. The number of ether oxygens (including phenoxy) is 3. The second-order valence-electron chi connectivity index (χ2n) is 13.9. The lowest BCUT2D eigenvalue weighted by Crippen LogP contribution is -2.53. The zero-order valence-electron chi connectivity index (χ0n) is 31.5. The lowest BCUT2D eigenvalue weighted by atomic mass is 10.0. The molecular weight excluding hydrogens is 710 g/mol. The number of unbranched alkanes of at least 4 members (excludes halogenated alkanes) is 1. The van der Waals surface area contributed by atoms with Crippen LogP contribution in [0.3, 0.4) is 0 Å². The Kier molecular flexibility index (Phi) is 13.0. The van der Waals surface area contributed by atoms with Gasteiger partial charge in [-0.25, -0.2) is 4.79 Å². The van der Waals surface area contributed by atoms with Crippen LogP contribution in [0, 0.1) is 5.92 Å². The summed E-state index contributed by atoms with van der Waals surface area (Å²) in [7, 11) is 2.68. The highest BCUT2D eigenvalue weighted by molar-refractivity contribution is 6.14. The first-order valence-corrected chi connectivity index (χ1v) is 18.1. The molecule has 3 aromatic rings. The summed E-state index contributed by atoms with van der Waals surface area (Å²) in [6, 6.07) is 14.8. The maximum absolute atomic E-state index is 13.9. The van der Waals surface area contributed by atoms with Crippen LogP contribution in [0.1, 0.15) is 67.9 Å². The number of rotatable bonds is 14. The number of carbonyl (C=O) groups is 6. The molecule has 15 heteroatoms. The average molecular weight is 758 g/mol. The zero-order valence-corrected chi connectivity index (χ0v) is 31.5. The summed E-state index contributed by atoms with van der Waals surface area (Å²) < 4.78 is 15.6. The molecule has 0 saturated carbocycles. The third-order valence-electron chi connectivity index (χ3n) is 9.59. The number of hydrogen-bond donors (Lipinski definition) is 4. The van der Waals surface area contributed by atoms with Gasteiger partial charge in [-0.2, -0.15) is 0 Å². The second-order valence-corrected chi connectivity index (χ2v) is 13.9. The van der Waals surface area contributed by atoms with Gasteiger partial charge in [0.05, 0.1) is 38.1 Å². The van der Waals surface area contributed by atoms with Crippen molar-refractivity contribution in [3.05, 3.63) is 77.4 Å². The zero-order chi connectivity index (χ0) is 39.8. The number of esters is 1. The smallest absolute Gasteiger partial charge is 0.414 e. The van der Waals surface area contributed by atoms with Crippen molar-refractivity contribution in [2.45, 2.75) is 77.6 Å². The van der Waals surface area contributed by atoms with E-state index in [1.807, 2.05) is 24.3 Å². The normalized spacial score (nSPS) is 15.5. The monoisotopic (exact) mass is 757 g/mol. The van der Waals surface area contributed by atoms with Crippen LogP contribution < -0.4 is 30.5 Å². The molecule has 2 heterocycles. The molecule has 2 aliphatic rings. The fourth-order valence-corrected chi connectivity index (χ4v) is 6.57. The Morgan fingerprint density at radius 1 is 0.891 bits per heavy atom. The van der Waals surface area contributed by atoms with E-state index < -0.39 is 30.0 Å². The first-order chi connectivity index (χ1) is 26.3. The number of hydrogen-bond acceptors (Lipinski definition) is 10. The first-order valence-electron chi connectivity index (χ1n) is 18.1. The van der Waals surface area contributed by atoms with Gasteiger partial charge in [-0.05, 0) is 67.5 Å². The summed E-state index contributed by atoms with van der Waals surface area (Å²) in [5.74, 6) is -2.38.